The molecule has 1 heterocycles. The van der Waals surface area contributed by atoms with Gasteiger partial charge in [0.1, 0.15) is 23.6 Å². The van der Waals surface area contributed by atoms with E-state index in [4.69, 9.17) is 10.5 Å². The lowest BCUT2D eigenvalue weighted by molar-refractivity contribution is -0.150. The second kappa shape index (κ2) is 14.3. The van der Waals surface area contributed by atoms with Crippen molar-refractivity contribution in [1.82, 2.24) is 10.3 Å². The van der Waals surface area contributed by atoms with Crippen molar-refractivity contribution in [1.29, 1.82) is 0 Å². The third-order valence-corrected chi connectivity index (χ3v) is 5.94. The van der Waals surface area contributed by atoms with Crippen molar-refractivity contribution in [3.05, 3.63) is 94.7 Å². The number of amides is 1. The number of aromatic nitrogens is 1. The molecule has 9 heteroatoms. The minimum Gasteiger partial charge on any atom is -0.459 e. The van der Waals surface area contributed by atoms with E-state index in [1.54, 1.807) is 12.1 Å². The first-order valence-electron chi connectivity index (χ1n) is 12.6. The number of anilines is 1. The van der Waals surface area contributed by atoms with E-state index >= 15 is 0 Å². The molecule has 3 rings (SSSR count). The van der Waals surface area contributed by atoms with Gasteiger partial charge in [-0.15, -0.1) is 0 Å². The van der Waals surface area contributed by atoms with Crippen LogP contribution in [0.2, 0.25) is 0 Å². The summed E-state index contributed by atoms with van der Waals surface area (Å²) in [6.07, 6.45) is -0.0308. The van der Waals surface area contributed by atoms with Gasteiger partial charge in [-0.25, -0.2) is 13.8 Å². The molecule has 0 bridgehead atoms. The standard InChI is InChI=1S/C29H34F2N4O3/c1-3-20-7-5-8-21(12-20)17-33-18-26(25(32)15-22-13-23(30)16-24(31)14-22)38-29(37)11-10-28(36)35-27-9-4-6-19(2)34-27/h4-9,12-14,16,25-26,33H,3,10-11,15,17-18,32H2,1-2H3,(H,34,35,36)/t25-,26+/m0/s1. The Bertz CT molecular complexity index is 1220. The van der Waals surface area contributed by atoms with Crippen LogP contribution in [0.3, 0.4) is 0 Å². The number of hydrogen-bond donors (Lipinski definition) is 3. The molecule has 0 unspecified atom stereocenters. The van der Waals surface area contributed by atoms with Gasteiger partial charge in [-0.2, -0.15) is 0 Å². The van der Waals surface area contributed by atoms with Crippen LogP contribution < -0.4 is 16.4 Å². The Morgan fingerprint density at radius 2 is 1.68 bits per heavy atom. The van der Waals surface area contributed by atoms with Gasteiger partial charge in [0.25, 0.3) is 0 Å². The fourth-order valence-electron chi connectivity index (χ4n) is 3.99. The van der Waals surface area contributed by atoms with Crippen LogP contribution in [0.5, 0.6) is 0 Å². The first-order chi connectivity index (χ1) is 18.2. The van der Waals surface area contributed by atoms with Gasteiger partial charge in [0.15, 0.2) is 0 Å². The molecule has 3 aromatic rings. The maximum absolute atomic E-state index is 13.7. The average molecular weight is 525 g/mol. The van der Waals surface area contributed by atoms with Crippen molar-refractivity contribution in [3.63, 3.8) is 0 Å². The van der Waals surface area contributed by atoms with Crippen LogP contribution in [0.15, 0.2) is 60.7 Å². The zero-order valence-corrected chi connectivity index (χ0v) is 21.7. The van der Waals surface area contributed by atoms with Gasteiger partial charge < -0.3 is 21.1 Å². The lowest BCUT2D eigenvalue weighted by Gasteiger charge is -2.25. The molecule has 1 aromatic heterocycles. The maximum atomic E-state index is 13.7. The summed E-state index contributed by atoms with van der Waals surface area (Å²) in [6.45, 7) is 4.63. The quantitative estimate of drug-likeness (QED) is 0.289. The van der Waals surface area contributed by atoms with E-state index in [1.807, 2.05) is 31.2 Å². The highest BCUT2D eigenvalue weighted by Gasteiger charge is 2.23. The van der Waals surface area contributed by atoms with E-state index < -0.39 is 29.7 Å². The van der Waals surface area contributed by atoms with Crippen molar-refractivity contribution >= 4 is 17.7 Å². The lowest BCUT2D eigenvalue weighted by Crippen LogP contribution is -2.46. The topological polar surface area (TPSA) is 106 Å². The van der Waals surface area contributed by atoms with E-state index in [9.17, 15) is 18.4 Å². The number of nitrogens with zero attached hydrogens (tertiary/aromatic N) is 1. The van der Waals surface area contributed by atoms with Crippen LogP contribution in [0.25, 0.3) is 0 Å². The zero-order valence-electron chi connectivity index (χ0n) is 21.7. The number of nitrogens with two attached hydrogens (primary N) is 1. The van der Waals surface area contributed by atoms with Gasteiger partial charge in [-0.1, -0.05) is 37.3 Å². The smallest absolute Gasteiger partial charge is 0.306 e. The number of carbonyl (C=O) groups excluding carboxylic acids is 2. The summed E-state index contributed by atoms with van der Waals surface area (Å²) in [6, 6.07) is 15.8. The van der Waals surface area contributed by atoms with Crippen molar-refractivity contribution in [2.24, 2.45) is 5.73 Å². The van der Waals surface area contributed by atoms with Gasteiger partial charge in [-0.05, 0) is 60.7 Å². The second-order valence-electron chi connectivity index (χ2n) is 9.19. The average Bonchev–Trinajstić information content (AvgIpc) is 2.86. The predicted octanol–water partition coefficient (Wildman–Crippen LogP) is 4.22. The fraction of sp³-hybridized carbons (Fsp3) is 0.345. The van der Waals surface area contributed by atoms with Gasteiger partial charge in [0.05, 0.1) is 6.42 Å². The molecule has 2 aromatic carbocycles. The highest BCUT2D eigenvalue weighted by molar-refractivity contribution is 5.91. The van der Waals surface area contributed by atoms with Crippen LogP contribution >= 0.6 is 0 Å². The molecule has 0 fully saturated rings. The number of halogens is 2. The number of rotatable bonds is 13. The van der Waals surface area contributed by atoms with Gasteiger partial charge >= 0.3 is 5.97 Å². The Balaban J connectivity index is 1.59. The lowest BCUT2D eigenvalue weighted by atomic mass is 10.0. The summed E-state index contributed by atoms with van der Waals surface area (Å²) in [5, 5.41) is 5.91. The monoisotopic (exact) mass is 524 g/mol. The summed E-state index contributed by atoms with van der Waals surface area (Å²) in [7, 11) is 0. The number of esters is 1. The summed E-state index contributed by atoms with van der Waals surface area (Å²) in [4.78, 5) is 29.1. The highest BCUT2D eigenvalue weighted by Crippen LogP contribution is 2.14. The van der Waals surface area contributed by atoms with Crippen molar-refractivity contribution < 1.29 is 23.1 Å². The van der Waals surface area contributed by atoms with Crippen LogP contribution in [0.4, 0.5) is 14.6 Å². The van der Waals surface area contributed by atoms with Crippen LogP contribution in [0.1, 0.15) is 42.1 Å². The van der Waals surface area contributed by atoms with E-state index in [2.05, 4.69) is 28.6 Å². The number of aryl methyl sites for hydroxylation is 2. The molecule has 7 nitrogen and oxygen atoms in total. The summed E-state index contributed by atoms with van der Waals surface area (Å²) in [5.74, 6) is -1.97. The molecule has 0 radical (unpaired) electrons. The van der Waals surface area contributed by atoms with E-state index in [-0.39, 0.29) is 31.7 Å². The molecule has 202 valence electrons. The van der Waals surface area contributed by atoms with E-state index in [1.165, 1.54) is 17.7 Å². The first kappa shape index (κ1) is 28.9. The zero-order chi connectivity index (χ0) is 27.5. The van der Waals surface area contributed by atoms with Gasteiger partial charge in [0, 0.05) is 37.3 Å². The number of ether oxygens (including phenoxy) is 1. The Morgan fingerprint density at radius 1 is 0.974 bits per heavy atom. The summed E-state index contributed by atoms with van der Waals surface area (Å²) >= 11 is 0. The third-order valence-electron chi connectivity index (χ3n) is 5.94. The molecule has 0 saturated carbocycles. The van der Waals surface area contributed by atoms with Crippen molar-refractivity contribution in [2.75, 3.05) is 11.9 Å². The fourth-order valence-corrected chi connectivity index (χ4v) is 3.99. The number of carbonyl (C=O) groups is 2. The number of benzene rings is 2. The molecule has 4 N–H and O–H groups in total. The molecule has 0 spiro atoms. The minimum atomic E-state index is -0.787. The maximum Gasteiger partial charge on any atom is 0.306 e. The Hall–Kier alpha value is -3.69. The first-order valence-corrected chi connectivity index (χ1v) is 12.6. The van der Waals surface area contributed by atoms with Crippen LogP contribution in [-0.2, 0) is 33.7 Å². The van der Waals surface area contributed by atoms with Gasteiger partial charge in [0.2, 0.25) is 5.91 Å². The molecule has 0 aliphatic carbocycles. The molecule has 0 aliphatic rings. The number of pyridine rings is 1. The second-order valence-corrected chi connectivity index (χ2v) is 9.19. The van der Waals surface area contributed by atoms with E-state index in [0.717, 1.165) is 23.7 Å². The Morgan fingerprint density at radius 3 is 2.39 bits per heavy atom. The third kappa shape index (κ3) is 9.64. The molecule has 0 saturated heterocycles. The van der Waals surface area contributed by atoms with E-state index in [0.29, 0.717) is 17.9 Å². The molecular weight excluding hydrogens is 490 g/mol. The molecule has 1 amide bonds. The predicted molar refractivity (Wildman–Crippen MR) is 142 cm³/mol. The molecule has 0 aliphatic heterocycles. The van der Waals surface area contributed by atoms with Crippen molar-refractivity contribution in [3.8, 4) is 0 Å². The summed E-state index contributed by atoms with van der Waals surface area (Å²) in [5.41, 5.74) is 9.73. The summed E-state index contributed by atoms with van der Waals surface area (Å²) < 4.78 is 33.0. The Labute approximate surface area is 221 Å². The molecular formula is C29H34F2N4O3. The Kier molecular flexibility index (Phi) is 10.9. The number of hydrogen-bond acceptors (Lipinski definition) is 6. The SMILES string of the molecule is CCc1cccc(CNC[C@@H](OC(=O)CCC(=O)Nc2cccc(C)n2)[C@@H](N)Cc2cc(F)cc(F)c2)c1. The largest absolute Gasteiger partial charge is 0.459 e. The normalized spacial score (nSPS) is 12.6. The van der Waals surface area contributed by atoms with Gasteiger partial charge in [-0.3, -0.25) is 9.59 Å². The molecule has 2 atom stereocenters. The molecule has 38 heavy (non-hydrogen) atoms. The van der Waals surface area contributed by atoms with Crippen LogP contribution in [-0.4, -0.2) is 35.6 Å². The highest BCUT2D eigenvalue weighted by atomic mass is 19.1. The van der Waals surface area contributed by atoms with Crippen molar-refractivity contribution in [2.45, 2.75) is 58.2 Å². The van der Waals surface area contributed by atoms with Crippen LogP contribution in [0, 0.1) is 18.6 Å². The number of nitrogens with one attached hydrogen (secondary N) is 2. The minimum absolute atomic E-state index is 0.0945.